The molecule has 37 heavy (non-hydrogen) atoms. The monoisotopic (exact) mass is 519 g/mol. The van der Waals surface area contributed by atoms with Crippen LogP contribution in [0.3, 0.4) is 0 Å². The van der Waals surface area contributed by atoms with Crippen LogP contribution in [0.5, 0.6) is 0 Å². The number of hydrogen-bond acceptors (Lipinski definition) is 8. The first-order valence-electron chi connectivity index (χ1n) is 12.8. The molecular weight excluding hydrogens is 486 g/mol. The minimum atomic E-state index is -0.111. The van der Waals surface area contributed by atoms with Crippen LogP contribution in [0, 0.1) is 0 Å². The van der Waals surface area contributed by atoms with Gasteiger partial charge in [-0.3, -0.25) is 9.59 Å². The summed E-state index contributed by atoms with van der Waals surface area (Å²) >= 11 is 1.62. The van der Waals surface area contributed by atoms with Crippen LogP contribution in [0.4, 0.5) is 17.5 Å². The lowest BCUT2D eigenvalue weighted by molar-refractivity contribution is -0.117. The van der Waals surface area contributed by atoms with Gasteiger partial charge in [-0.25, -0.2) is 4.98 Å². The summed E-state index contributed by atoms with van der Waals surface area (Å²) in [6.45, 7) is 6.84. The molecule has 10 heteroatoms. The fraction of sp³-hybridized carbons (Fsp3) is 0.407. The van der Waals surface area contributed by atoms with Crippen LogP contribution < -0.4 is 16.0 Å². The van der Waals surface area contributed by atoms with Crippen molar-refractivity contribution in [2.24, 2.45) is 0 Å². The van der Waals surface area contributed by atoms with Crippen molar-refractivity contribution < 1.29 is 9.59 Å². The molecule has 3 aromatic rings. The van der Waals surface area contributed by atoms with Gasteiger partial charge < -0.3 is 25.8 Å². The third kappa shape index (κ3) is 6.08. The Morgan fingerprint density at radius 3 is 2.41 bits per heavy atom. The molecule has 3 N–H and O–H groups in total. The molecule has 0 spiro atoms. The second-order valence-corrected chi connectivity index (χ2v) is 10.7. The summed E-state index contributed by atoms with van der Waals surface area (Å²) in [5, 5.41) is 11.9. The second kappa shape index (κ2) is 11.3. The molecule has 1 aliphatic heterocycles. The molecule has 9 nitrogen and oxygen atoms in total. The third-order valence-corrected chi connectivity index (χ3v) is 7.99. The van der Waals surface area contributed by atoms with E-state index in [1.165, 1.54) is 6.08 Å². The fourth-order valence-electron chi connectivity index (χ4n) is 4.87. The van der Waals surface area contributed by atoms with Gasteiger partial charge in [-0.1, -0.05) is 6.58 Å². The number of piperazine rings is 1. The number of nitrogens with one attached hydrogen (secondary N) is 3. The number of rotatable bonds is 7. The van der Waals surface area contributed by atoms with Crippen LogP contribution in [-0.4, -0.2) is 76.9 Å². The van der Waals surface area contributed by atoms with Gasteiger partial charge in [0.1, 0.15) is 5.82 Å². The second-order valence-electron chi connectivity index (χ2n) is 9.73. The Hall–Kier alpha value is -3.50. The van der Waals surface area contributed by atoms with Crippen molar-refractivity contribution in [3.63, 3.8) is 0 Å². The number of thiophene rings is 1. The maximum absolute atomic E-state index is 12.8. The Kier molecular flexibility index (Phi) is 7.66. The molecule has 194 valence electrons. The van der Waals surface area contributed by atoms with Crippen molar-refractivity contribution >= 4 is 50.8 Å². The first-order valence-corrected chi connectivity index (χ1v) is 13.7. The first-order chi connectivity index (χ1) is 18.0. The number of fused-ring (bicyclic) bond motifs is 1. The molecule has 2 fully saturated rings. The van der Waals surface area contributed by atoms with Crippen LogP contribution in [0.1, 0.15) is 36.0 Å². The molecule has 1 aromatic carbocycles. The Balaban J connectivity index is 1.24. The summed E-state index contributed by atoms with van der Waals surface area (Å²) in [6, 6.07) is 9.98. The molecule has 2 aliphatic rings. The normalized spacial score (nSPS) is 20.4. The Bertz CT molecular complexity index is 1260. The third-order valence-electron chi connectivity index (χ3n) is 7.08. The molecule has 0 unspecified atom stereocenters. The van der Waals surface area contributed by atoms with Gasteiger partial charge in [0.2, 0.25) is 11.9 Å². The predicted molar refractivity (Wildman–Crippen MR) is 149 cm³/mol. The summed E-state index contributed by atoms with van der Waals surface area (Å²) in [4.78, 5) is 38.1. The summed E-state index contributed by atoms with van der Waals surface area (Å²) < 4.78 is 1.03. The Labute approximate surface area is 221 Å². The molecule has 1 aliphatic carbocycles. The summed E-state index contributed by atoms with van der Waals surface area (Å²) in [6.07, 6.45) is 5.06. The molecule has 0 radical (unpaired) electrons. The zero-order valence-corrected chi connectivity index (χ0v) is 21.9. The van der Waals surface area contributed by atoms with Gasteiger partial charge in [-0.05, 0) is 74.5 Å². The van der Waals surface area contributed by atoms with E-state index < -0.39 is 0 Å². The average molecular weight is 520 g/mol. The number of benzene rings is 1. The number of hydrogen-bond donors (Lipinski definition) is 3. The van der Waals surface area contributed by atoms with E-state index in [1.54, 1.807) is 11.3 Å². The van der Waals surface area contributed by atoms with Crippen molar-refractivity contribution in [1.29, 1.82) is 0 Å². The molecule has 5 rings (SSSR count). The number of carbonyl (C=O) groups is 2. The van der Waals surface area contributed by atoms with Gasteiger partial charge in [0, 0.05) is 49.5 Å². The number of likely N-dealkylation sites (N-methyl/N-ethyl adjacent to an activating group) is 1. The van der Waals surface area contributed by atoms with Crippen molar-refractivity contribution in [2.45, 2.75) is 37.8 Å². The smallest absolute Gasteiger partial charge is 0.253 e. The molecule has 2 amide bonds. The number of aromatic nitrogens is 2. The number of amides is 2. The van der Waals surface area contributed by atoms with Crippen LogP contribution in [-0.2, 0) is 4.79 Å². The minimum absolute atomic E-state index is 0.0702. The highest BCUT2D eigenvalue weighted by atomic mass is 32.1. The van der Waals surface area contributed by atoms with Gasteiger partial charge in [-0.2, -0.15) is 4.98 Å². The predicted octanol–water partition coefficient (Wildman–Crippen LogP) is 3.85. The maximum Gasteiger partial charge on any atom is 0.253 e. The van der Waals surface area contributed by atoms with E-state index in [9.17, 15) is 9.59 Å². The SMILES string of the molecule is C=CC(=O)NC1CCC(Nc2nc(Nc3ccc(C(=O)N4CCN(C)CC4)cc3)nc3ccsc23)CC1. The zero-order valence-electron chi connectivity index (χ0n) is 21.1. The van der Waals surface area contributed by atoms with Gasteiger partial charge >= 0.3 is 0 Å². The van der Waals surface area contributed by atoms with Crippen molar-refractivity contribution in [1.82, 2.24) is 25.1 Å². The van der Waals surface area contributed by atoms with E-state index in [1.807, 2.05) is 40.6 Å². The topological polar surface area (TPSA) is 102 Å². The maximum atomic E-state index is 12.8. The molecular formula is C27H33N7O2S. The van der Waals surface area contributed by atoms with Gasteiger partial charge in [0.05, 0.1) is 10.2 Å². The lowest BCUT2D eigenvalue weighted by atomic mass is 9.91. The molecule has 2 aromatic heterocycles. The Morgan fingerprint density at radius 1 is 1.00 bits per heavy atom. The van der Waals surface area contributed by atoms with Gasteiger partial charge in [-0.15, -0.1) is 11.3 Å². The lowest BCUT2D eigenvalue weighted by Crippen LogP contribution is -2.47. The quantitative estimate of drug-likeness (QED) is 0.408. The fourth-order valence-corrected chi connectivity index (χ4v) is 5.65. The highest BCUT2D eigenvalue weighted by Gasteiger charge is 2.23. The highest BCUT2D eigenvalue weighted by molar-refractivity contribution is 7.17. The van der Waals surface area contributed by atoms with Gasteiger partial charge in [0.15, 0.2) is 0 Å². The van der Waals surface area contributed by atoms with Crippen LogP contribution >= 0.6 is 11.3 Å². The summed E-state index contributed by atoms with van der Waals surface area (Å²) in [5.74, 6) is 1.29. The van der Waals surface area contributed by atoms with Crippen molar-refractivity contribution in [3.05, 3.63) is 53.9 Å². The first kappa shape index (κ1) is 25.2. The van der Waals surface area contributed by atoms with Crippen molar-refractivity contribution in [2.75, 3.05) is 43.9 Å². The highest BCUT2D eigenvalue weighted by Crippen LogP contribution is 2.31. The van der Waals surface area contributed by atoms with Crippen molar-refractivity contribution in [3.8, 4) is 0 Å². The molecule has 1 saturated carbocycles. The van der Waals surface area contributed by atoms with E-state index in [0.29, 0.717) is 11.5 Å². The van der Waals surface area contributed by atoms with E-state index in [0.717, 1.165) is 73.6 Å². The van der Waals surface area contributed by atoms with E-state index in [-0.39, 0.29) is 23.9 Å². The molecule has 0 atom stereocenters. The average Bonchev–Trinajstić information content (AvgIpc) is 3.39. The van der Waals surface area contributed by atoms with Crippen LogP contribution in [0.2, 0.25) is 0 Å². The molecule has 3 heterocycles. The largest absolute Gasteiger partial charge is 0.366 e. The summed E-state index contributed by atoms with van der Waals surface area (Å²) in [5.41, 5.74) is 2.40. The minimum Gasteiger partial charge on any atom is -0.366 e. The van der Waals surface area contributed by atoms with Gasteiger partial charge in [0.25, 0.3) is 5.91 Å². The number of nitrogens with zero attached hydrogens (tertiary/aromatic N) is 4. The molecule has 0 bridgehead atoms. The van der Waals surface area contributed by atoms with E-state index >= 15 is 0 Å². The van der Waals surface area contributed by atoms with E-state index in [2.05, 4.69) is 39.5 Å². The number of carbonyl (C=O) groups excluding carboxylic acids is 2. The van der Waals surface area contributed by atoms with E-state index in [4.69, 9.17) is 4.98 Å². The van der Waals surface area contributed by atoms with Crippen LogP contribution in [0.15, 0.2) is 48.4 Å². The standard InChI is InChI=1S/C27H33N7O2S/c1-3-23(35)28-19-8-10-20(11-9-19)29-25-24-22(12-17-37-24)31-27(32-25)30-21-6-4-18(5-7-21)26(36)34-15-13-33(2)14-16-34/h3-7,12,17,19-20H,1,8-11,13-16H2,2H3,(H,28,35)(H2,29,30,31,32). The summed E-state index contributed by atoms with van der Waals surface area (Å²) in [7, 11) is 2.08. The van der Waals surface area contributed by atoms with Crippen LogP contribution in [0.25, 0.3) is 10.2 Å². The lowest BCUT2D eigenvalue weighted by Gasteiger charge is -2.32. The Morgan fingerprint density at radius 2 is 1.70 bits per heavy atom. The molecule has 1 saturated heterocycles. The number of anilines is 3. The zero-order chi connectivity index (χ0) is 25.8.